The summed E-state index contributed by atoms with van der Waals surface area (Å²) in [5.41, 5.74) is -0.500. The van der Waals surface area contributed by atoms with E-state index >= 15 is 0 Å². The third kappa shape index (κ3) is 4.66. The Morgan fingerprint density at radius 3 is 2.28 bits per heavy atom. The molecule has 2 aliphatic heterocycles. The number of likely N-dealkylation sites (tertiary alicyclic amines) is 1. The van der Waals surface area contributed by atoms with E-state index in [2.05, 4.69) is 9.97 Å². The van der Waals surface area contributed by atoms with Crippen molar-refractivity contribution < 1.29 is 18.8 Å². The van der Waals surface area contributed by atoms with Gasteiger partial charge < -0.3 is 23.8 Å². The van der Waals surface area contributed by atoms with Crippen LogP contribution in [0.2, 0.25) is 0 Å². The quantitative estimate of drug-likeness (QED) is 0.715. The van der Waals surface area contributed by atoms with Gasteiger partial charge in [-0.3, -0.25) is 0 Å². The summed E-state index contributed by atoms with van der Waals surface area (Å²) in [5, 5.41) is 0. The molecule has 0 bridgehead atoms. The molecular weight excluding hydrogens is 371 g/mol. The molecule has 2 aliphatic rings. The second-order valence-electron chi connectivity index (χ2n) is 9.88. The zero-order valence-electron chi connectivity index (χ0n) is 18.9. The number of amides is 1. The number of aromatic nitrogens is 2. The van der Waals surface area contributed by atoms with E-state index in [1.54, 1.807) is 17.3 Å². The monoisotopic (exact) mass is 404 g/mol. The Labute approximate surface area is 174 Å². The number of ether oxygens (including phenoxy) is 1. The van der Waals surface area contributed by atoms with Crippen molar-refractivity contribution in [2.45, 2.75) is 77.7 Å². The summed E-state index contributed by atoms with van der Waals surface area (Å²) in [7, 11) is 1.47. The summed E-state index contributed by atoms with van der Waals surface area (Å²) in [4.78, 5) is 25.1. The minimum Gasteiger partial charge on any atom is -0.444 e. The highest BCUT2D eigenvalue weighted by molar-refractivity contribution is 6.61. The Kier molecular flexibility index (Phi) is 5.60. The minimum atomic E-state index is -0.493. The van der Waals surface area contributed by atoms with Crippen LogP contribution < -0.4 is 10.4 Å². The van der Waals surface area contributed by atoms with Crippen LogP contribution in [0.25, 0.3) is 0 Å². The molecule has 29 heavy (non-hydrogen) atoms. The van der Waals surface area contributed by atoms with Gasteiger partial charge in [-0.1, -0.05) is 0 Å². The largest absolute Gasteiger partial charge is 0.498 e. The molecule has 0 aliphatic carbocycles. The van der Waals surface area contributed by atoms with Gasteiger partial charge in [0.25, 0.3) is 0 Å². The third-order valence-corrected chi connectivity index (χ3v) is 5.86. The normalized spacial score (nSPS) is 23.4. The summed E-state index contributed by atoms with van der Waals surface area (Å²) in [6.07, 6.45) is 4.08. The number of anilines is 1. The van der Waals surface area contributed by atoms with Crippen molar-refractivity contribution in [3.8, 4) is 0 Å². The zero-order chi connectivity index (χ0) is 21.6. The first kappa shape index (κ1) is 21.8. The molecule has 1 unspecified atom stereocenters. The second kappa shape index (κ2) is 7.43. The molecule has 160 valence electrons. The molecule has 9 heteroatoms. The van der Waals surface area contributed by atoms with Gasteiger partial charge in [-0.15, -0.1) is 0 Å². The van der Waals surface area contributed by atoms with Crippen LogP contribution >= 0.6 is 0 Å². The maximum atomic E-state index is 12.3. The molecule has 0 spiro atoms. The summed E-state index contributed by atoms with van der Waals surface area (Å²) in [5.74, 6) is 0.612. The number of carbonyl (C=O) groups is 1. The van der Waals surface area contributed by atoms with Crippen molar-refractivity contribution in [2.24, 2.45) is 0 Å². The molecule has 2 fully saturated rings. The number of likely N-dealkylation sites (N-methyl/N-ethyl adjacent to an activating group) is 1. The van der Waals surface area contributed by atoms with Gasteiger partial charge in [0.2, 0.25) is 5.95 Å². The summed E-state index contributed by atoms with van der Waals surface area (Å²) in [6.45, 7) is 15.0. The molecule has 0 aromatic carbocycles. The molecular formula is C20H33BN4O4. The number of hydrogen-bond donors (Lipinski definition) is 0. The second-order valence-corrected chi connectivity index (χ2v) is 9.88. The fourth-order valence-electron chi connectivity index (χ4n) is 3.33. The van der Waals surface area contributed by atoms with Gasteiger partial charge in [0, 0.05) is 38.0 Å². The van der Waals surface area contributed by atoms with Crippen molar-refractivity contribution in [1.82, 2.24) is 14.9 Å². The number of carbonyl (C=O) groups excluding carboxylic acids is 1. The lowest BCUT2D eigenvalue weighted by molar-refractivity contribution is 0.00578. The highest BCUT2D eigenvalue weighted by Crippen LogP contribution is 2.36. The van der Waals surface area contributed by atoms with Crippen molar-refractivity contribution in [3.05, 3.63) is 12.4 Å². The van der Waals surface area contributed by atoms with Crippen LogP contribution in [0.4, 0.5) is 10.7 Å². The first-order valence-corrected chi connectivity index (χ1v) is 10.2. The van der Waals surface area contributed by atoms with E-state index < -0.39 is 23.9 Å². The van der Waals surface area contributed by atoms with E-state index in [0.29, 0.717) is 19.0 Å². The molecule has 0 saturated carbocycles. The predicted molar refractivity (Wildman–Crippen MR) is 112 cm³/mol. The van der Waals surface area contributed by atoms with Crippen LogP contribution in [-0.4, -0.2) is 71.1 Å². The first-order chi connectivity index (χ1) is 13.3. The molecule has 3 rings (SSSR count). The van der Waals surface area contributed by atoms with Crippen LogP contribution in [0.3, 0.4) is 0 Å². The number of hydrogen-bond acceptors (Lipinski definition) is 7. The van der Waals surface area contributed by atoms with Crippen molar-refractivity contribution in [2.75, 3.05) is 25.0 Å². The Balaban J connectivity index is 1.62. The van der Waals surface area contributed by atoms with Crippen molar-refractivity contribution in [1.29, 1.82) is 0 Å². The van der Waals surface area contributed by atoms with Gasteiger partial charge in [0.1, 0.15) is 5.60 Å². The summed E-state index contributed by atoms with van der Waals surface area (Å²) in [6, 6.07) is 0.144. The fourth-order valence-corrected chi connectivity index (χ4v) is 3.33. The van der Waals surface area contributed by atoms with Crippen LogP contribution in [0.15, 0.2) is 12.4 Å². The molecule has 0 radical (unpaired) electrons. The molecule has 8 nitrogen and oxygen atoms in total. The Bertz CT molecular complexity index is 732. The van der Waals surface area contributed by atoms with E-state index in [0.717, 1.165) is 11.9 Å². The highest BCUT2D eigenvalue weighted by Gasteiger charge is 2.52. The van der Waals surface area contributed by atoms with Gasteiger partial charge >= 0.3 is 13.2 Å². The van der Waals surface area contributed by atoms with Crippen LogP contribution in [0, 0.1) is 0 Å². The van der Waals surface area contributed by atoms with Gasteiger partial charge in [-0.05, 0) is 54.9 Å². The lowest BCUT2D eigenvalue weighted by atomic mass is 9.81. The highest BCUT2D eigenvalue weighted by atomic mass is 16.7. The van der Waals surface area contributed by atoms with Gasteiger partial charge in [0.05, 0.1) is 17.2 Å². The van der Waals surface area contributed by atoms with Gasteiger partial charge in [-0.2, -0.15) is 0 Å². The average Bonchev–Trinajstić information content (AvgIpc) is 3.16. The smallest absolute Gasteiger partial charge is 0.444 e. The summed E-state index contributed by atoms with van der Waals surface area (Å²) >= 11 is 0. The Morgan fingerprint density at radius 2 is 1.76 bits per heavy atom. The van der Waals surface area contributed by atoms with E-state index in [4.69, 9.17) is 14.0 Å². The van der Waals surface area contributed by atoms with E-state index in [1.807, 2.05) is 60.4 Å². The number of rotatable bonds is 3. The molecule has 1 atom stereocenters. The number of nitrogens with zero attached hydrogens (tertiary/aromatic N) is 4. The molecule has 0 N–H and O–H groups in total. The fraction of sp³-hybridized carbons (Fsp3) is 0.750. The molecule has 3 heterocycles. The van der Waals surface area contributed by atoms with Gasteiger partial charge in [0.15, 0.2) is 0 Å². The van der Waals surface area contributed by atoms with Gasteiger partial charge in [-0.25, -0.2) is 14.8 Å². The SMILES string of the molecule is CN(c1ncc(B2OC(C)(C)C(C)(C)O2)cn1)C1CCN(C(=O)OC(C)(C)C)C1. The minimum absolute atomic E-state index is 0.144. The third-order valence-electron chi connectivity index (χ3n) is 5.86. The van der Waals surface area contributed by atoms with E-state index in [9.17, 15) is 4.79 Å². The molecule has 2 saturated heterocycles. The first-order valence-electron chi connectivity index (χ1n) is 10.2. The summed E-state index contributed by atoms with van der Waals surface area (Å²) < 4.78 is 17.6. The Morgan fingerprint density at radius 1 is 1.21 bits per heavy atom. The van der Waals surface area contributed by atoms with E-state index in [-0.39, 0.29) is 12.1 Å². The molecule has 1 amide bonds. The standard InChI is InChI=1S/C20H33BN4O4/c1-18(2,3)27-17(26)25-10-9-15(13-25)24(8)16-22-11-14(12-23-16)21-28-19(4,5)20(6,7)29-21/h11-12,15H,9-10,13H2,1-8H3. The Hall–Kier alpha value is -1.87. The van der Waals surface area contributed by atoms with Crippen LogP contribution in [-0.2, 0) is 14.0 Å². The lowest BCUT2D eigenvalue weighted by Crippen LogP contribution is -2.41. The van der Waals surface area contributed by atoms with Crippen LogP contribution in [0.5, 0.6) is 0 Å². The maximum absolute atomic E-state index is 12.3. The lowest BCUT2D eigenvalue weighted by Gasteiger charge is -2.32. The zero-order valence-corrected chi connectivity index (χ0v) is 18.9. The van der Waals surface area contributed by atoms with Crippen molar-refractivity contribution >= 4 is 24.6 Å². The topological polar surface area (TPSA) is 77.0 Å². The molecule has 1 aromatic rings. The maximum Gasteiger partial charge on any atom is 0.498 e. The van der Waals surface area contributed by atoms with Crippen LogP contribution in [0.1, 0.15) is 54.9 Å². The predicted octanol–water partition coefficient (Wildman–Crippen LogP) is 2.22. The van der Waals surface area contributed by atoms with E-state index in [1.165, 1.54) is 0 Å². The van der Waals surface area contributed by atoms with Crippen molar-refractivity contribution in [3.63, 3.8) is 0 Å². The molecule has 1 aromatic heterocycles. The average molecular weight is 404 g/mol.